The summed E-state index contributed by atoms with van der Waals surface area (Å²) in [7, 11) is 0. The summed E-state index contributed by atoms with van der Waals surface area (Å²) >= 11 is 0. The van der Waals surface area contributed by atoms with Gasteiger partial charge in [0.25, 0.3) is 0 Å². The molecule has 7 atom stereocenters. The van der Waals surface area contributed by atoms with E-state index in [4.69, 9.17) is 14.6 Å². The molecule has 0 radical (unpaired) electrons. The Labute approximate surface area is 168 Å². The third kappa shape index (κ3) is 3.43. The van der Waals surface area contributed by atoms with Crippen LogP contribution in [-0.2, 0) is 19.1 Å². The molecule has 5 heteroatoms. The van der Waals surface area contributed by atoms with E-state index >= 15 is 0 Å². The van der Waals surface area contributed by atoms with Gasteiger partial charge in [-0.25, -0.2) is 4.79 Å². The fourth-order valence-electron chi connectivity index (χ4n) is 7.68. The van der Waals surface area contributed by atoms with Crippen LogP contribution >= 0.6 is 0 Å². The topological polar surface area (TPSA) is 72.8 Å². The van der Waals surface area contributed by atoms with Crippen molar-refractivity contribution in [1.82, 2.24) is 0 Å². The lowest BCUT2D eigenvalue weighted by Gasteiger charge is -2.60. The van der Waals surface area contributed by atoms with Crippen LogP contribution < -0.4 is 0 Å². The standard InChI is InChI=1S/C23H36O5/c1-22-9-7-16(24)13-15(22)3-4-17-18-5-6-20(23(18,2)10-8-19(17)22)28-12-11-27-14-21(25)26/h15,17-20H,3-14H2,1-2H3,(H,25,26)/t15-,17-,18-,19-,20-,22?,23-/m0/s1. The van der Waals surface area contributed by atoms with Gasteiger partial charge in [0.05, 0.1) is 19.3 Å². The molecule has 0 saturated heterocycles. The van der Waals surface area contributed by atoms with Gasteiger partial charge in [0.2, 0.25) is 0 Å². The Morgan fingerprint density at radius 1 is 1.04 bits per heavy atom. The summed E-state index contributed by atoms with van der Waals surface area (Å²) in [5, 5.41) is 8.66. The molecule has 0 aliphatic heterocycles. The molecule has 0 aromatic rings. The van der Waals surface area contributed by atoms with Crippen LogP contribution in [-0.4, -0.2) is 42.8 Å². The van der Waals surface area contributed by atoms with Crippen LogP contribution in [0.5, 0.6) is 0 Å². The third-order valence-corrected chi connectivity index (χ3v) is 9.17. The molecule has 1 unspecified atom stereocenters. The summed E-state index contributed by atoms with van der Waals surface area (Å²) in [4.78, 5) is 22.6. The second-order valence-electron chi connectivity index (χ2n) is 10.3. The number of rotatable bonds is 6. The van der Waals surface area contributed by atoms with Gasteiger partial charge in [-0.3, -0.25) is 4.79 Å². The summed E-state index contributed by atoms with van der Waals surface area (Å²) in [6.45, 7) is 5.51. The van der Waals surface area contributed by atoms with Crippen LogP contribution in [0, 0.1) is 34.5 Å². The number of fused-ring (bicyclic) bond motifs is 5. The molecular weight excluding hydrogens is 356 g/mol. The van der Waals surface area contributed by atoms with Crippen molar-refractivity contribution in [2.24, 2.45) is 34.5 Å². The number of ether oxygens (including phenoxy) is 2. The zero-order valence-corrected chi connectivity index (χ0v) is 17.5. The van der Waals surface area contributed by atoms with E-state index in [2.05, 4.69) is 13.8 Å². The van der Waals surface area contributed by atoms with Crippen molar-refractivity contribution in [3.8, 4) is 0 Å². The Bertz CT molecular complexity index is 618. The Morgan fingerprint density at radius 2 is 1.82 bits per heavy atom. The first-order chi connectivity index (χ1) is 13.3. The molecule has 4 rings (SSSR count). The first-order valence-electron chi connectivity index (χ1n) is 11.3. The number of carboxylic acid groups (broad SMARTS) is 1. The number of Topliss-reactive ketones (excluding diaryl/α,β-unsaturated/α-hetero) is 1. The summed E-state index contributed by atoms with van der Waals surface area (Å²) < 4.78 is 11.4. The van der Waals surface area contributed by atoms with Crippen LogP contribution in [0.25, 0.3) is 0 Å². The molecule has 0 spiro atoms. The summed E-state index contributed by atoms with van der Waals surface area (Å²) in [6, 6.07) is 0. The zero-order chi connectivity index (χ0) is 19.9. The molecule has 4 aliphatic carbocycles. The Morgan fingerprint density at radius 3 is 2.61 bits per heavy atom. The van der Waals surface area contributed by atoms with E-state index in [0.29, 0.717) is 30.3 Å². The minimum absolute atomic E-state index is 0.238. The maximum Gasteiger partial charge on any atom is 0.329 e. The largest absolute Gasteiger partial charge is 0.480 e. The molecule has 4 aliphatic rings. The number of ketones is 1. The van der Waals surface area contributed by atoms with Crippen LogP contribution in [0.3, 0.4) is 0 Å². The minimum atomic E-state index is -0.931. The van der Waals surface area contributed by atoms with Gasteiger partial charge in [-0.1, -0.05) is 13.8 Å². The van der Waals surface area contributed by atoms with Crippen molar-refractivity contribution in [3.63, 3.8) is 0 Å². The lowest BCUT2D eigenvalue weighted by molar-refractivity contribution is -0.148. The Balaban J connectivity index is 1.39. The maximum absolute atomic E-state index is 12.0. The van der Waals surface area contributed by atoms with Crippen LogP contribution in [0.1, 0.15) is 71.6 Å². The molecule has 4 saturated carbocycles. The average molecular weight is 393 g/mol. The van der Waals surface area contributed by atoms with Gasteiger partial charge in [-0.15, -0.1) is 0 Å². The molecule has 0 bridgehead atoms. The molecule has 28 heavy (non-hydrogen) atoms. The fourth-order valence-corrected chi connectivity index (χ4v) is 7.68. The van der Waals surface area contributed by atoms with Crippen molar-refractivity contribution in [1.29, 1.82) is 0 Å². The lowest BCUT2D eigenvalue weighted by Crippen LogP contribution is -2.54. The first kappa shape index (κ1) is 20.3. The Kier molecular flexibility index (Phi) is 5.60. The summed E-state index contributed by atoms with van der Waals surface area (Å²) in [5.74, 6) is 2.45. The number of hydrogen-bond donors (Lipinski definition) is 1. The van der Waals surface area contributed by atoms with Crippen molar-refractivity contribution in [2.45, 2.75) is 77.7 Å². The molecule has 4 fully saturated rings. The monoisotopic (exact) mass is 392 g/mol. The van der Waals surface area contributed by atoms with E-state index in [1.165, 1.54) is 32.1 Å². The van der Waals surface area contributed by atoms with Crippen molar-refractivity contribution in [3.05, 3.63) is 0 Å². The molecule has 0 aromatic carbocycles. The highest BCUT2D eigenvalue weighted by atomic mass is 16.5. The van der Waals surface area contributed by atoms with Gasteiger partial charge in [0, 0.05) is 12.8 Å². The smallest absolute Gasteiger partial charge is 0.329 e. The van der Waals surface area contributed by atoms with Crippen LogP contribution in [0.2, 0.25) is 0 Å². The highest BCUT2D eigenvalue weighted by Crippen LogP contribution is 2.66. The second kappa shape index (κ2) is 7.71. The summed E-state index contributed by atoms with van der Waals surface area (Å²) in [5.41, 5.74) is 0.601. The first-order valence-corrected chi connectivity index (χ1v) is 11.3. The number of carbonyl (C=O) groups is 2. The van der Waals surface area contributed by atoms with Gasteiger partial charge in [-0.2, -0.15) is 0 Å². The SMILES string of the molecule is CC12CCC(=O)C[C@@H]1CC[C@@H]1[C@@H]2CC[C@]2(C)[C@@H](OCCOCC(=O)O)CC[C@@H]12. The van der Waals surface area contributed by atoms with Gasteiger partial charge < -0.3 is 14.6 Å². The fraction of sp³-hybridized carbons (Fsp3) is 0.913. The van der Waals surface area contributed by atoms with E-state index in [0.717, 1.165) is 43.4 Å². The molecule has 0 aromatic heterocycles. The lowest BCUT2D eigenvalue weighted by atomic mass is 9.45. The molecule has 0 heterocycles. The van der Waals surface area contributed by atoms with Crippen molar-refractivity contribution in [2.75, 3.05) is 19.8 Å². The Hall–Kier alpha value is -0.940. The minimum Gasteiger partial charge on any atom is -0.480 e. The van der Waals surface area contributed by atoms with E-state index < -0.39 is 5.97 Å². The highest BCUT2D eigenvalue weighted by Gasteiger charge is 2.60. The van der Waals surface area contributed by atoms with Crippen LogP contribution in [0.15, 0.2) is 0 Å². The highest BCUT2D eigenvalue weighted by molar-refractivity contribution is 5.79. The molecular formula is C23H36O5. The van der Waals surface area contributed by atoms with E-state index in [-0.39, 0.29) is 18.1 Å². The van der Waals surface area contributed by atoms with Crippen LogP contribution in [0.4, 0.5) is 0 Å². The van der Waals surface area contributed by atoms with Crippen molar-refractivity contribution >= 4 is 11.8 Å². The summed E-state index contributed by atoms with van der Waals surface area (Å²) in [6.07, 6.45) is 10.3. The second-order valence-corrected chi connectivity index (χ2v) is 10.3. The third-order valence-electron chi connectivity index (χ3n) is 9.17. The number of aliphatic carboxylic acids is 1. The molecule has 0 amide bonds. The van der Waals surface area contributed by atoms with E-state index in [1.54, 1.807) is 0 Å². The predicted octanol–water partition coefficient (Wildman–Crippen LogP) is 4.08. The molecule has 158 valence electrons. The van der Waals surface area contributed by atoms with E-state index in [1.807, 2.05) is 0 Å². The van der Waals surface area contributed by atoms with Gasteiger partial charge in [0.1, 0.15) is 12.4 Å². The molecule has 5 nitrogen and oxygen atoms in total. The van der Waals surface area contributed by atoms with Gasteiger partial charge in [0.15, 0.2) is 0 Å². The van der Waals surface area contributed by atoms with Gasteiger partial charge >= 0.3 is 5.97 Å². The van der Waals surface area contributed by atoms with Crippen molar-refractivity contribution < 1.29 is 24.2 Å². The quantitative estimate of drug-likeness (QED) is 0.690. The average Bonchev–Trinajstić information content (AvgIpc) is 2.98. The molecule has 1 N–H and O–H groups in total. The maximum atomic E-state index is 12.0. The number of hydrogen-bond acceptors (Lipinski definition) is 4. The normalized spacial score (nSPS) is 45.2. The van der Waals surface area contributed by atoms with E-state index in [9.17, 15) is 9.59 Å². The predicted molar refractivity (Wildman–Crippen MR) is 105 cm³/mol. The number of carbonyl (C=O) groups excluding carboxylic acids is 1. The zero-order valence-electron chi connectivity index (χ0n) is 17.5. The number of carboxylic acids is 1. The van der Waals surface area contributed by atoms with Gasteiger partial charge in [-0.05, 0) is 79.4 Å².